The molecule has 132 valence electrons. The summed E-state index contributed by atoms with van der Waals surface area (Å²) in [6, 6.07) is 6.26. The highest BCUT2D eigenvalue weighted by atomic mass is 19.3. The molecule has 2 aromatic rings. The van der Waals surface area contributed by atoms with E-state index in [-0.39, 0.29) is 17.7 Å². The fraction of sp³-hybridized carbons (Fsp3) is 0.333. The Morgan fingerprint density at radius 1 is 1.44 bits per heavy atom. The van der Waals surface area contributed by atoms with Crippen LogP contribution in [-0.4, -0.2) is 22.3 Å². The molecule has 1 aliphatic rings. The summed E-state index contributed by atoms with van der Waals surface area (Å²) < 4.78 is 31.1. The molecule has 0 radical (unpaired) electrons. The number of amides is 1. The first kappa shape index (κ1) is 17.1. The number of fused-ring (bicyclic) bond motifs is 1. The molecule has 0 saturated carbocycles. The average Bonchev–Trinajstić information content (AvgIpc) is 2.96. The van der Waals surface area contributed by atoms with Crippen LogP contribution in [0.1, 0.15) is 35.7 Å². The van der Waals surface area contributed by atoms with Crippen LogP contribution in [0.2, 0.25) is 0 Å². The number of alkyl halides is 2. The van der Waals surface area contributed by atoms with Gasteiger partial charge in [0.25, 0.3) is 0 Å². The molecule has 1 aromatic heterocycles. The Kier molecular flexibility index (Phi) is 5.11. The number of carbonyl (C=O) groups excluding carboxylic acids is 1. The first-order valence-electron chi connectivity index (χ1n) is 8.08. The number of hydrogen-bond acceptors (Lipinski definition) is 3. The number of halogens is 2. The van der Waals surface area contributed by atoms with Gasteiger partial charge in [-0.2, -0.15) is 13.9 Å². The van der Waals surface area contributed by atoms with Gasteiger partial charge in [0, 0.05) is 29.9 Å². The molecule has 7 heteroatoms. The quantitative estimate of drug-likeness (QED) is 0.845. The SMILES string of the molecule is Cn1ncc2c1CCCC2NC(=O)C=Cc1ccccc1OC(F)F. The Bertz CT molecular complexity index is 786. The topological polar surface area (TPSA) is 56.2 Å². The number of carbonyl (C=O) groups is 1. The summed E-state index contributed by atoms with van der Waals surface area (Å²) in [5, 5.41) is 7.20. The second kappa shape index (κ2) is 7.46. The highest BCUT2D eigenvalue weighted by molar-refractivity contribution is 5.92. The zero-order valence-corrected chi connectivity index (χ0v) is 13.8. The summed E-state index contributed by atoms with van der Waals surface area (Å²) in [4.78, 5) is 12.2. The number of rotatable bonds is 5. The molecule has 3 rings (SSSR count). The van der Waals surface area contributed by atoms with Gasteiger partial charge in [-0.3, -0.25) is 9.48 Å². The van der Waals surface area contributed by atoms with E-state index >= 15 is 0 Å². The number of ether oxygens (including phenoxy) is 1. The third kappa shape index (κ3) is 4.04. The molecule has 1 amide bonds. The molecule has 0 aliphatic heterocycles. The molecule has 1 heterocycles. The van der Waals surface area contributed by atoms with E-state index in [1.54, 1.807) is 24.4 Å². The molecular weight excluding hydrogens is 328 g/mol. The number of para-hydroxylation sites is 1. The molecule has 1 unspecified atom stereocenters. The molecule has 5 nitrogen and oxygen atoms in total. The fourth-order valence-corrected chi connectivity index (χ4v) is 3.06. The van der Waals surface area contributed by atoms with E-state index in [9.17, 15) is 13.6 Å². The Morgan fingerprint density at radius 3 is 3.04 bits per heavy atom. The van der Waals surface area contributed by atoms with Gasteiger partial charge in [0.15, 0.2) is 0 Å². The molecule has 0 fully saturated rings. The van der Waals surface area contributed by atoms with Crippen molar-refractivity contribution in [2.24, 2.45) is 7.05 Å². The number of aromatic nitrogens is 2. The lowest BCUT2D eigenvalue weighted by Gasteiger charge is -2.23. The zero-order valence-electron chi connectivity index (χ0n) is 13.8. The van der Waals surface area contributed by atoms with Crippen LogP contribution in [0.15, 0.2) is 36.5 Å². The highest BCUT2D eigenvalue weighted by Gasteiger charge is 2.24. The van der Waals surface area contributed by atoms with Crippen molar-refractivity contribution in [1.29, 1.82) is 0 Å². The lowest BCUT2D eigenvalue weighted by molar-refractivity contribution is -0.117. The summed E-state index contributed by atoms with van der Waals surface area (Å²) >= 11 is 0. The van der Waals surface area contributed by atoms with Gasteiger partial charge in [0.2, 0.25) is 5.91 Å². The van der Waals surface area contributed by atoms with Crippen molar-refractivity contribution < 1.29 is 18.3 Å². The molecule has 1 atom stereocenters. The van der Waals surface area contributed by atoms with Crippen molar-refractivity contribution in [2.45, 2.75) is 31.9 Å². The van der Waals surface area contributed by atoms with Crippen LogP contribution in [0, 0.1) is 0 Å². The van der Waals surface area contributed by atoms with E-state index in [4.69, 9.17) is 0 Å². The van der Waals surface area contributed by atoms with Gasteiger partial charge >= 0.3 is 6.61 Å². The second-order valence-electron chi connectivity index (χ2n) is 5.87. The van der Waals surface area contributed by atoms with E-state index in [0.29, 0.717) is 5.56 Å². The number of aryl methyl sites for hydroxylation is 1. The fourth-order valence-electron chi connectivity index (χ4n) is 3.06. The minimum Gasteiger partial charge on any atom is -0.434 e. The normalized spacial score (nSPS) is 16.9. The first-order valence-corrected chi connectivity index (χ1v) is 8.08. The van der Waals surface area contributed by atoms with Crippen molar-refractivity contribution >= 4 is 12.0 Å². The van der Waals surface area contributed by atoms with Crippen LogP contribution >= 0.6 is 0 Å². The first-order chi connectivity index (χ1) is 12.0. The van der Waals surface area contributed by atoms with Crippen LogP contribution < -0.4 is 10.1 Å². The van der Waals surface area contributed by atoms with Crippen molar-refractivity contribution in [1.82, 2.24) is 15.1 Å². The van der Waals surface area contributed by atoms with E-state index in [2.05, 4.69) is 15.2 Å². The minimum absolute atomic E-state index is 0.0359. The Labute approximate surface area is 144 Å². The molecule has 0 saturated heterocycles. The van der Waals surface area contributed by atoms with Gasteiger partial charge in [-0.1, -0.05) is 18.2 Å². The largest absolute Gasteiger partial charge is 0.434 e. The number of nitrogens with zero attached hydrogens (tertiary/aromatic N) is 2. The molecular formula is C18H19F2N3O2. The van der Waals surface area contributed by atoms with Crippen LogP contribution in [0.3, 0.4) is 0 Å². The molecule has 1 aliphatic carbocycles. The van der Waals surface area contributed by atoms with E-state index in [1.165, 1.54) is 18.2 Å². The lowest BCUT2D eigenvalue weighted by atomic mass is 9.93. The molecule has 0 bridgehead atoms. The lowest BCUT2D eigenvalue weighted by Crippen LogP contribution is -2.29. The third-order valence-corrected chi connectivity index (χ3v) is 4.24. The molecule has 0 spiro atoms. The van der Waals surface area contributed by atoms with Crippen LogP contribution in [0.4, 0.5) is 8.78 Å². The highest BCUT2D eigenvalue weighted by Crippen LogP contribution is 2.29. The molecule has 1 aromatic carbocycles. The standard InChI is InChI=1S/C18H19F2N3O2/c1-23-15-7-4-6-14(13(15)11-21-23)22-17(24)10-9-12-5-2-3-8-16(12)25-18(19)20/h2-3,5,8-11,14,18H,4,6-7H2,1H3,(H,22,24). The van der Waals surface area contributed by atoms with Crippen molar-refractivity contribution in [3.63, 3.8) is 0 Å². The van der Waals surface area contributed by atoms with Crippen molar-refractivity contribution in [2.75, 3.05) is 0 Å². The van der Waals surface area contributed by atoms with Gasteiger partial charge < -0.3 is 10.1 Å². The zero-order chi connectivity index (χ0) is 17.8. The summed E-state index contributed by atoms with van der Waals surface area (Å²) in [5.74, 6) is -0.248. The second-order valence-corrected chi connectivity index (χ2v) is 5.87. The number of nitrogens with one attached hydrogen (secondary N) is 1. The molecule has 25 heavy (non-hydrogen) atoms. The maximum absolute atomic E-state index is 12.4. The van der Waals surface area contributed by atoms with Crippen LogP contribution in [0.5, 0.6) is 5.75 Å². The van der Waals surface area contributed by atoms with Crippen LogP contribution in [0.25, 0.3) is 6.08 Å². The average molecular weight is 347 g/mol. The van der Waals surface area contributed by atoms with Gasteiger partial charge in [-0.15, -0.1) is 0 Å². The maximum Gasteiger partial charge on any atom is 0.387 e. The van der Waals surface area contributed by atoms with Gasteiger partial charge in [-0.25, -0.2) is 0 Å². The summed E-state index contributed by atoms with van der Waals surface area (Å²) in [5.41, 5.74) is 2.59. The summed E-state index contributed by atoms with van der Waals surface area (Å²) in [6.07, 6.45) is 7.37. The predicted octanol–water partition coefficient (Wildman–Crippen LogP) is 3.23. The maximum atomic E-state index is 12.4. The van der Waals surface area contributed by atoms with E-state index in [0.717, 1.165) is 30.5 Å². The smallest absolute Gasteiger partial charge is 0.387 e. The Hall–Kier alpha value is -2.70. The number of hydrogen-bond donors (Lipinski definition) is 1. The van der Waals surface area contributed by atoms with E-state index in [1.807, 2.05) is 11.7 Å². The Morgan fingerprint density at radius 2 is 2.24 bits per heavy atom. The third-order valence-electron chi connectivity index (χ3n) is 4.24. The van der Waals surface area contributed by atoms with Gasteiger partial charge in [0.1, 0.15) is 5.75 Å². The predicted molar refractivity (Wildman–Crippen MR) is 89.1 cm³/mol. The van der Waals surface area contributed by atoms with Crippen molar-refractivity contribution in [3.8, 4) is 5.75 Å². The number of benzene rings is 1. The van der Waals surface area contributed by atoms with Gasteiger partial charge in [0.05, 0.1) is 12.2 Å². The minimum atomic E-state index is -2.91. The monoisotopic (exact) mass is 347 g/mol. The van der Waals surface area contributed by atoms with Crippen molar-refractivity contribution in [3.05, 3.63) is 53.4 Å². The van der Waals surface area contributed by atoms with Gasteiger partial charge in [-0.05, 0) is 31.4 Å². The van der Waals surface area contributed by atoms with E-state index < -0.39 is 6.61 Å². The summed E-state index contributed by atoms with van der Waals surface area (Å²) in [6.45, 7) is -2.91. The summed E-state index contributed by atoms with van der Waals surface area (Å²) in [7, 11) is 1.89. The Balaban J connectivity index is 1.69. The molecule has 1 N–H and O–H groups in total. The van der Waals surface area contributed by atoms with Crippen LogP contribution in [-0.2, 0) is 18.3 Å².